The zero-order valence-electron chi connectivity index (χ0n) is 9.69. The minimum Gasteiger partial charge on any atom is -0.303 e. The lowest BCUT2D eigenvalue weighted by molar-refractivity contribution is 0.179. The molecule has 0 spiro atoms. The Kier molecular flexibility index (Phi) is 3.36. The van der Waals surface area contributed by atoms with Crippen LogP contribution in [0.25, 0.3) is 0 Å². The van der Waals surface area contributed by atoms with E-state index < -0.39 is 0 Å². The minimum atomic E-state index is 0.569. The summed E-state index contributed by atoms with van der Waals surface area (Å²) in [5.41, 5.74) is 1.02. The first-order valence-electron chi connectivity index (χ1n) is 5.90. The number of rotatable bonds is 3. The van der Waals surface area contributed by atoms with Crippen molar-refractivity contribution >= 4 is 0 Å². The highest BCUT2D eigenvalue weighted by molar-refractivity contribution is 4.89. The fraction of sp³-hybridized carbons (Fsp3) is 0.818. The predicted octanol–water partition coefficient (Wildman–Crippen LogP) is 1.63. The molecule has 2 heterocycles. The van der Waals surface area contributed by atoms with E-state index in [4.69, 9.17) is 0 Å². The Hall–Kier alpha value is -0.900. The summed E-state index contributed by atoms with van der Waals surface area (Å²) in [6.07, 6.45) is 5.73. The smallest absolute Gasteiger partial charge is 0.0796 e. The second kappa shape index (κ2) is 4.75. The van der Waals surface area contributed by atoms with Gasteiger partial charge in [-0.1, -0.05) is 12.1 Å². The maximum Gasteiger partial charge on any atom is 0.0796 e. The van der Waals surface area contributed by atoms with Gasteiger partial charge in [-0.2, -0.15) is 0 Å². The summed E-state index contributed by atoms with van der Waals surface area (Å²) in [5, 5.41) is 8.21. The normalized spacial score (nSPS) is 19.6. The van der Waals surface area contributed by atoms with Crippen LogP contribution >= 0.6 is 0 Å². The molecule has 15 heavy (non-hydrogen) atoms. The first-order valence-corrected chi connectivity index (χ1v) is 5.90. The Morgan fingerprint density at radius 1 is 1.40 bits per heavy atom. The first kappa shape index (κ1) is 10.6. The lowest BCUT2D eigenvalue weighted by Gasteiger charge is -2.31. The molecule has 1 aromatic rings. The van der Waals surface area contributed by atoms with Crippen LogP contribution in [0.15, 0.2) is 6.20 Å². The summed E-state index contributed by atoms with van der Waals surface area (Å²) in [6.45, 7) is 7.89. The van der Waals surface area contributed by atoms with Crippen molar-refractivity contribution in [1.29, 1.82) is 0 Å². The number of hydrogen-bond donors (Lipinski definition) is 0. The molecule has 0 unspecified atom stereocenters. The molecule has 0 saturated carbocycles. The summed E-state index contributed by atoms with van der Waals surface area (Å²) in [6, 6.07) is 0.569. The average Bonchev–Trinajstić information content (AvgIpc) is 2.67. The molecular formula is C11H20N4. The van der Waals surface area contributed by atoms with Crippen molar-refractivity contribution in [3.8, 4) is 0 Å². The van der Waals surface area contributed by atoms with Gasteiger partial charge in [-0.05, 0) is 32.7 Å². The third-order valence-electron chi connectivity index (χ3n) is 3.10. The van der Waals surface area contributed by atoms with E-state index in [-0.39, 0.29) is 0 Å². The topological polar surface area (TPSA) is 34.0 Å². The van der Waals surface area contributed by atoms with Crippen molar-refractivity contribution in [2.45, 2.75) is 39.2 Å². The molecule has 0 atom stereocenters. The van der Waals surface area contributed by atoms with Crippen molar-refractivity contribution in [2.24, 2.45) is 0 Å². The zero-order chi connectivity index (χ0) is 10.7. The highest BCUT2D eigenvalue weighted by Gasteiger charge is 2.20. The van der Waals surface area contributed by atoms with Gasteiger partial charge in [0.15, 0.2) is 0 Å². The molecule has 84 valence electrons. The lowest BCUT2D eigenvalue weighted by atomic mass is 10.1. The predicted molar refractivity (Wildman–Crippen MR) is 59.8 cm³/mol. The Bertz CT molecular complexity index is 299. The van der Waals surface area contributed by atoms with Crippen molar-refractivity contribution in [2.75, 3.05) is 19.6 Å². The third kappa shape index (κ3) is 2.56. The molecule has 1 aromatic heterocycles. The molecule has 2 rings (SSSR count). The number of aromatic nitrogens is 3. The minimum absolute atomic E-state index is 0.569. The molecule has 1 aliphatic heterocycles. The van der Waals surface area contributed by atoms with E-state index in [1.165, 1.54) is 38.9 Å². The molecule has 1 fully saturated rings. The van der Waals surface area contributed by atoms with Crippen LogP contribution in [0.2, 0.25) is 0 Å². The number of nitrogens with zero attached hydrogens (tertiary/aromatic N) is 4. The maximum atomic E-state index is 4.16. The van der Waals surface area contributed by atoms with Crippen LogP contribution in [-0.4, -0.2) is 39.5 Å². The average molecular weight is 208 g/mol. The van der Waals surface area contributed by atoms with Crippen LogP contribution in [0.5, 0.6) is 0 Å². The number of likely N-dealkylation sites (tertiary alicyclic amines) is 1. The van der Waals surface area contributed by atoms with Crippen LogP contribution in [-0.2, 0) is 0 Å². The van der Waals surface area contributed by atoms with E-state index in [1.807, 2.05) is 11.6 Å². The van der Waals surface area contributed by atoms with Crippen LogP contribution in [0.3, 0.4) is 0 Å². The van der Waals surface area contributed by atoms with Gasteiger partial charge in [0.2, 0.25) is 0 Å². The highest BCUT2D eigenvalue weighted by atomic mass is 15.4. The lowest BCUT2D eigenvalue weighted by Crippen LogP contribution is -2.35. The molecule has 4 nitrogen and oxygen atoms in total. The Morgan fingerprint density at radius 3 is 2.67 bits per heavy atom. The van der Waals surface area contributed by atoms with Gasteiger partial charge in [0.25, 0.3) is 0 Å². The van der Waals surface area contributed by atoms with E-state index >= 15 is 0 Å². The zero-order valence-corrected chi connectivity index (χ0v) is 9.69. The van der Waals surface area contributed by atoms with Gasteiger partial charge in [-0.15, -0.1) is 5.10 Å². The molecule has 0 bridgehead atoms. The van der Waals surface area contributed by atoms with Crippen LogP contribution in [0.1, 0.15) is 37.9 Å². The molecule has 1 saturated heterocycles. The SMILES string of the molecule is CCCN1CCC(n2cc(C)nn2)CC1. The van der Waals surface area contributed by atoms with Crippen molar-refractivity contribution in [3.63, 3.8) is 0 Å². The Morgan fingerprint density at radius 2 is 2.13 bits per heavy atom. The van der Waals surface area contributed by atoms with Crippen LogP contribution in [0.4, 0.5) is 0 Å². The molecule has 0 N–H and O–H groups in total. The monoisotopic (exact) mass is 208 g/mol. The van der Waals surface area contributed by atoms with Gasteiger partial charge < -0.3 is 4.90 Å². The van der Waals surface area contributed by atoms with E-state index in [0.717, 1.165) is 5.69 Å². The van der Waals surface area contributed by atoms with E-state index in [2.05, 4.69) is 28.3 Å². The second-order valence-corrected chi connectivity index (χ2v) is 4.41. The fourth-order valence-electron chi connectivity index (χ4n) is 2.27. The van der Waals surface area contributed by atoms with E-state index in [9.17, 15) is 0 Å². The summed E-state index contributed by atoms with van der Waals surface area (Å²) in [7, 11) is 0. The summed E-state index contributed by atoms with van der Waals surface area (Å²) < 4.78 is 2.04. The molecular weight excluding hydrogens is 188 g/mol. The van der Waals surface area contributed by atoms with Crippen molar-refractivity contribution in [3.05, 3.63) is 11.9 Å². The van der Waals surface area contributed by atoms with Gasteiger partial charge in [0.05, 0.1) is 11.7 Å². The molecule has 0 radical (unpaired) electrons. The van der Waals surface area contributed by atoms with Gasteiger partial charge in [0.1, 0.15) is 0 Å². The maximum absolute atomic E-state index is 4.16. The Labute approximate surface area is 91.3 Å². The summed E-state index contributed by atoms with van der Waals surface area (Å²) in [4.78, 5) is 2.54. The summed E-state index contributed by atoms with van der Waals surface area (Å²) >= 11 is 0. The van der Waals surface area contributed by atoms with Crippen LogP contribution in [0, 0.1) is 6.92 Å². The molecule has 4 heteroatoms. The number of piperidine rings is 1. The van der Waals surface area contributed by atoms with Crippen molar-refractivity contribution in [1.82, 2.24) is 19.9 Å². The van der Waals surface area contributed by atoms with Crippen molar-refractivity contribution < 1.29 is 0 Å². The fourth-order valence-corrected chi connectivity index (χ4v) is 2.27. The largest absolute Gasteiger partial charge is 0.303 e. The standard InChI is InChI=1S/C11H20N4/c1-3-6-14-7-4-11(5-8-14)15-9-10(2)12-13-15/h9,11H,3-8H2,1-2H3. The Balaban J connectivity index is 1.88. The van der Waals surface area contributed by atoms with Gasteiger partial charge in [-0.25, -0.2) is 4.68 Å². The van der Waals surface area contributed by atoms with Gasteiger partial charge in [0, 0.05) is 19.3 Å². The first-order chi connectivity index (χ1) is 7.29. The number of hydrogen-bond acceptors (Lipinski definition) is 3. The number of aryl methyl sites for hydroxylation is 1. The van der Waals surface area contributed by atoms with Crippen LogP contribution < -0.4 is 0 Å². The quantitative estimate of drug-likeness (QED) is 0.757. The van der Waals surface area contributed by atoms with Gasteiger partial charge in [-0.3, -0.25) is 0 Å². The molecule has 0 amide bonds. The second-order valence-electron chi connectivity index (χ2n) is 4.41. The van der Waals surface area contributed by atoms with E-state index in [1.54, 1.807) is 0 Å². The van der Waals surface area contributed by atoms with Gasteiger partial charge >= 0.3 is 0 Å². The highest BCUT2D eigenvalue weighted by Crippen LogP contribution is 2.21. The molecule has 1 aliphatic rings. The van der Waals surface area contributed by atoms with E-state index in [0.29, 0.717) is 6.04 Å². The summed E-state index contributed by atoms with van der Waals surface area (Å²) in [5.74, 6) is 0. The molecule has 0 aliphatic carbocycles. The third-order valence-corrected chi connectivity index (χ3v) is 3.10. The molecule has 0 aromatic carbocycles.